The Labute approximate surface area is 166 Å². The van der Waals surface area contributed by atoms with Gasteiger partial charge in [-0.25, -0.2) is 0 Å². The summed E-state index contributed by atoms with van der Waals surface area (Å²) in [6, 6.07) is 15.1. The van der Waals surface area contributed by atoms with Crippen LogP contribution in [0.1, 0.15) is 25.8 Å². The molecular weight excluding hydrogens is 354 g/mol. The highest BCUT2D eigenvalue weighted by atomic mass is 16.5. The van der Waals surface area contributed by atoms with E-state index in [0.29, 0.717) is 12.8 Å². The molecule has 150 valence electrons. The number of anilines is 2. The zero-order chi connectivity index (χ0) is 20.5. The average Bonchev–Trinajstić information content (AvgIpc) is 2.66. The number of amides is 2. The number of hydrogen-bond donors (Lipinski definition) is 2. The maximum atomic E-state index is 12.1. The monoisotopic (exact) mass is 383 g/mol. The summed E-state index contributed by atoms with van der Waals surface area (Å²) in [5.74, 6) is 0.780. The average molecular weight is 383 g/mol. The molecule has 2 rings (SSSR count). The van der Waals surface area contributed by atoms with E-state index < -0.39 is 0 Å². The van der Waals surface area contributed by atoms with Crippen molar-refractivity contribution < 1.29 is 14.3 Å². The van der Waals surface area contributed by atoms with Crippen LogP contribution in [0, 0.1) is 0 Å². The standard InChI is InChI=1S/C22H29N3O3/c1-16(2)28-20-12-10-18(11-13-20)23-15-21(26)24-19-8-5-17(6-9-19)7-14-22(27)25(3)4/h5-6,8-13,16,23H,7,14-15H2,1-4H3,(H,24,26). The van der Waals surface area contributed by atoms with Gasteiger partial charge in [0.15, 0.2) is 0 Å². The number of ether oxygens (including phenoxy) is 1. The molecule has 0 aromatic heterocycles. The zero-order valence-electron chi connectivity index (χ0n) is 17.0. The third-order valence-electron chi connectivity index (χ3n) is 4.04. The molecule has 2 aromatic carbocycles. The first-order chi connectivity index (χ1) is 13.3. The first-order valence-electron chi connectivity index (χ1n) is 9.43. The van der Waals surface area contributed by atoms with Crippen molar-refractivity contribution in [3.63, 3.8) is 0 Å². The Morgan fingerprint density at radius 2 is 1.57 bits per heavy atom. The maximum absolute atomic E-state index is 12.1. The lowest BCUT2D eigenvalue weighted by molar-refractivity contribution is -0.128. The fourth-order valence-corrected chi connectivity index (χ4v) is 2.54. The number of rotatable bonds is 9. The van der Waals surface area contributed by atoms with Crippen LogP contribution >= 0.6 is 0 Å². The topological polar surface area (TPSA) is 70.7 Å². The van der Waals surface area contributed by atoms with Gasteiger partial charge >= 0.3 is 0 Å². The molecule has 0 aliphatic carbocycles. The molecule has 0 saturated carbocycles. The highest BCUT2D eigenvalue weighted by Crippen LogP contribution is 2.17. The van der Waals surface area contributed by atoms with Gasteiger partial charge in [0.25, 0.3) is 0 Å². The van der Waals surface area contributed by atoms with Crippen LogP contribution in [-0.2, 0) is 16.0 Å². The van der Waals surface area contributed by atoms with Crippen molar-refractivity contribution in [2.75, 3.05) is 31.3 Å². The fourth-order valence-electron chi connectivity index (χ4n) is 2.54. The first kappa shape index (κ1) is 21.3. The predicted molar refractivity (Wildman–Crippen MR) is 113 cm³/mol. The van der Waals surface area contributed by atoms with Crippen molar-refractivity contribution in [3.05, 3.63) is 54.1 Å². The smallest absolute Gasteiger partial charge is 0.243 e. The summed E-state index contributed by atoms with van der Waals surface area (Å²) < 4.78 is 5.60. The highest BCUT2D eigenvalue weighted by molar-refractivity contribution is 5.93. The van der Waals surface area contributed by atoms with E-state index in [0.717, 1.165) is 22.7 Å². The van der Waals surface area contributed by atoms with Gasteiger partial charge in [-0.1, -0.05) is 12.1 Å². The van der Waals surface area contributed by atoms with Gasteiger partial charge in [0, 0.05) is 31.9 Å². The molecule has 2 amide bonds. The molecule has 2 N–H and O–H groups in total. The molecular formula is C22H29N3O3. The number of carbonyl (C=O) groups is 2. The van der Waals surface area contributed by atoms with E-state index >= 15 is 0 Å². The molecule has 0 aliphatic heterocycles. The Hall–Kier alpha value is -3.02. The van der Waals surface area contributed by atoms with Crippen LogP contribution in [-0.4, -0.2) is 43.5 Å². The number of nitrogens with one attached hydrogen (secondary N) is 2. The van der Waals surface area contributed by atoms with E-state index in [9.17, 15) is 9.59 Å². The molecule has 6 nitrogen and oxygen atoms in total. The number of carbonyl (C=O) groups excluding carboxylic acids is 2. The van der Waals surface area contributed by atoms with Crippen LogP contribution in [0.25, 0.3) is 0 Å². The van der Waals surface area contributed by atoms with Crippen LogP contribution in [0.4, 0.5) is 11.4 Å². The minimum atomic E-state index is -0.127. The molecule has 0 unspecified atom stereocenters. The molecule has 0 heterocycles. The van der Waals surface area contributed by atoms with Gasteiger partial charge < -0.3 is 20.3 Å². The van der Waals surface area contributed by atoms with Crippen molar-refractivity contribution in [3.8, 4) is 5.75 Å². The van der Waals surface area contributed by atoms with Gasteiger partial charge in [-0.15, -0.1) is 0 Å². The van der Waals surface area contributed by atoms with Gasteiger partial charge in [-0.05, 0) is 62.2 Å². The van der Waals surface area contributed by atoms with Crippen molar-refractivity contribution >= 4 is 23.2 Å². The van der Waals surface area contributed by atoms with E-state index in [4.69, 9.17) is 4.74 Å². The summed E-state index contributed by atoms with van der Waals surface area (Å²) in [5, 5.41) is 5.95. The molecule has 0 saturated heterocycles. The lowest BCUT2D eigenvalue weighted by atomic mass is 10.1. The number of benzene rings is 2. The SMILES string of the molecule is CC(C)Oc1ccc(NCC(=O)Nc2ccc(CCC(=O)N(C)C)cc2)cc1. The molecule has 0 atom stereocenters. The Bertz CT molecular complexity index is 769. The van der Waals surface area contributed by atoms with Crippen molar-refractivity contribution in [1.29, 1.82) is 0 Å². The van der Waals surface area contributed by atoms with E-state index in [1.54, 1.807) is 19.0 Å². The van der Waals surface area contributed by atoms with Crippen molar-refractivity contribution in [2.45, 2.75) is 32.8 Å². The largest absolute Gasteiger partial charge is 0.491 e. The van der Waals surface area contributed by atoms with Crippen molar-refractivity contribution in [1.82, 2.24) is 4.90 Å². The molecule has 0 radical (unpaired) electrons. The molecule has 28 heavy (non-hydrogen) atoms. The maximum Gasteiger partial charge on any atom is 0.243 e. The van der Waals surface area contributed by atoms with E-state index in [1.165, 1.54) is 0 Å². The Balaban J connectivity index is 1.77. The number of hydrogen-bond acceptors (Lipinski definition) is 4. The Kier molecular flexibility index (Phi) is 7.87. The lowest BCUT2D eigenvalue weighted by Gasteiger charge is -2.12. The van der Waals surface area contributed by atoms with E-state index in [2.05, 4.69) is 10.6 Å². The van der Waals surface area contributed by atoms with Crippen LogP contribution < -0.4 is 15.4 Å². The summed E-state index contributed by atoms with van der Waals surface area (Å²) in [6.07, 6.45) is 1.29. The molecule has 6 heteroatoms. The normalized spacial score (nSPS) is 10.5. The summed E-state index contributed by atoms with van der Waals surface area (Å²) in [4.78, 5) is 25.4. The second-order valence-corrected chi connectivity index (χ2v) is 7.08. The zero-order valence-corrected chi connectivity index (χ0v) is 17.0. The van der Waals surface area contributed by atoms with Crippen LogP contribution in [0.2, 0.25) is 0 Å². The first-order valence-corrected chi connectivity index (χ1v) is 9.43. The van der Waals surface area contributed by atoms with Gasteiger partial charge in [0.2, 0.25) is 11.8 Å². The minimum absolute atomic E-state index is 0.104. The quantitative estimate of drug-likeness (QED) is 0.695. The number of aryl methyl sites for hydroxylation is 1. The van der Waals surface area contributed by atoms with Crippen LogP contribution in [0.15, 0.2) is 48.5 Å². The van der Waals surface area contributed by atoms with Gasteiger partial charge in [0.05, 0.1) is 12.6 Å². The minimum Gasteiger partial charge on any atom is -0.491 e. The lowest BCUT2D eigenvalue weighted by Crippen LogP contribution is -2.22. The summed E-state index contributed by atoms with van der Waals surface area (Å²) in [7, 11) is 3.51. The highest BCUT2D eigenvalue weighted by Gasteiger charge is 2.06. The summed E-state index contributed by atoms with van der Waals surface area (Å²) in [6.45, 7) is 4.13. The molecule has 2 aromatic rings. The molecule has 0 aliphatic rings. The number of nitrogens with zero attached hydrogens (tertiary/aromatic N) is 1. The second-order valence-electron chi connectivity index (χ2n) is 7.08. The van der Waals surface area contributed by atoms with E-state index in [-0.39, 0.29) is 24.5 Å². The Morgan fingerprint density at radius 3 is 2.14 bits per heavy atom. The van der Waals surface area contributed by atoms with Crippen LogP contribution in [0.3, 0.4) is 0 Å². The van der Waals surface area contributed by atoms with Crippen LogP contribution in [0.5, 0.6) is 5.75 Å². The third-order valence-corrected chi connectivity index (χ3v) is 4.04. The third kappa shape index (κ3) is 7.31. The second kappa shape index (κ2) is 10.3. The fraction of sp³-hybridized carbons (Fsp3) is 0.364. The summed E-state index contributed by atoms with van der Waals surface area (Å²) in [5.41, 5.74) is 2.65. The van der Waals surface area contributed by atoms with E-state index in [1.807, 2.05) is 62.4 Å². The predicted octanol–water partition coefficient (Wildman–Crippen LogP) is 3.55. The summed E-state index contributed by atoms with van der Waals surface area (Å²) >= 11 is 0. The Morgan fingerprint density at radius 1 is 0.964 bits per heavy atom. The molecule has 0 bridgehead atoms. The van der Waals surface area contributed by atoms with Crippen molar-refractivity contribution in [2.24, 2.45) is 0 Å². The van der Waals surface area contributed by atoms with Gasteiger partial charge in [0.1, 0.15) is 5.75 Å². The molecule has 0 fully saturated rings. The van der Waals surface area contributed by atoms with Gasteiger partial charge in [-0.3, -0.25) is 9.59 Å². The van der Waals surface area contributed by atoms with Gasteiger partial charge in [-0.2, -0.15) is 0 Å². The molecule has 0 spiro atoms.